The van der Waals surface area contributed by atoms with Gasteiger partial charge in [0.2, 0.25) is 0 Å². The fourth-order valence-electron chi connectivity index (χ4n) is 0.842. The van der Waals surface area contributed by atoms with Crippen molar-refractivity contribution in [1.29, 1.82) is 0 Å². The van der Waals surface area contributed by atoms with Crippen molar-refractivity contribution in [3.63, 3.8) is 0 Å². The second-order valence-electron chi connectivity index (χ2n) is 3.78. The van der Waals surface area contributed by atoms with Crippen molar-refractivity contribution in [1.82, 2.24) is 15.0 Å². The highest BCUT2D eigenvalue weighted by Gasteiger charge is 2.16. The molecule has 14 heavy (non-hydrogen) atoms. The van der Waals surface area contributed by atoms with E-state index in [2.05, 4.69) is 26.1 Å². The fourth-order valence-corrected chi connectivity index (χ4v) is 1.12. The Kier molecular flexibility index (Phi) is 3.25. The minimum atomic E-state index is -0.471. The Labute approximate surface area is 90.6 Å². The second kappa shape index (κ2) is 4.08. The number of carbonyl (C=O) groups excluding carboxylic acids is 1. The van der Waals surface area contributed by atoms with Gasteiger partial charge < -0.3 is 4.74 Å². The SMILES string of the molecule is CC(C)(C)OC(=O)Cn1ncc(Br)n1. The van der Waals surface area contributed by atoms with Gasteiger partial charge in [0.05, 0.1) is 6.20 Å². The highest BCUT2D eigenvalue weighted by atomic mass is 79.9. The van der Waals surface area contributed by atoms with Gasteiger partial charge in [0.25, 0.3) is 0 Å². The Hall–Kier alpha value is -0.910. The van der Waals surface area contributed by atoms with Crippen LogP contribution in [0, 0.1) is 0 Å². The summed E-state index contributed by atoms with van der Waals surface area (Å²) in [5, 5.41) is 7.75. The van der Waals surface area contributed by atoms with Crippen molar-refractivity contribution in [2.24, 2.45) is 0 Å². The Morgan fingerprint density at radius 3 is 2.71 bits per heavy atom. The Morgan fingerprint density at radius 1 is 1.64 bits per heavy atom. The van der Waals surface area contributed by atoms with Crippen LogP contribution in [-0.2, 0) is 16.1 Å². The molecule has 0 spiro atoms. The number of hydrogen-bond donors (Lipinski definition) is 0. The van der Waals surface area contributed by atoms with Gasteiger partial charge in [-0.1, -0.05) is 0 Å². The van der Waals surface area contributed by atoms with Crippen molar-refractivity contribution in [2.45, 2.75) is 32.9 Å². The van der Waals surface area contributed by atoms with E-state index in [1.54, 1.807) is 0 Å². The number of rotatable bonds is 2. The van der Waals surface area contributed by atoms with Gasteiger partial charge in [-0.05, 0) is 36.7 Å². The molecule has 5 nitrogen and oxygen atoms in total. The molecule has 1 aromatic heterocycles. The average Bonchev–Trinajstić information content (AvgIpc) is 2.30. The normalized spacial score (nSPS) is 11.4. The van der Waals surface area contributed by atoms with Gasteiger partial charge in [-0.2, -0.15) is 9.90 Å². The van der Waals surface area contributed by atoms with Crippen LogP contribution in [0.1, 0.15) is 20.8 Å². The molecule has 6 heteroatoms. The van der Waals surface area contributed by atoms with Gasteiger partial charge in [-0.25, -0.2) is 4.79 Å². The summed E-state index contributed by atoms with van der Waals surface area (Å²) in [4.78, 5) is 12.6. The molecule has 0 saturated heterocycles. The van der Waals surface area contributed by atoms with Gasteiger partial charge in [0, 0.05) is 0 Å². The molecule has 0 saturated carbocycles. The average molecular weight is 262 g/mol. The highest BCUT2D eigenvalue weighted by Crippen LogP contribution is 2.07. The molecule has 1 heterocycles. The minimum Gasteiger partial charge on any atom is -0.459 e. The van der Waals surface area contributed by atoms with Crippen LogP contribution < -0.4 is 0 Å². The predicted octanol–water partition coefficient (Wildman–Crippen LogP) is 1.38. The smallest absolute Gasteiger partial charge is 0.330 e. The van der Waals surface area contributed by atoms with Crippen LogP contribution in [0.15, 0.2) is 10.8 Å². The van der Waals surface area contributed by atoms with Crippen molar-refractivity contribution < 1.29 is 9.53 Å². The van der Waals surface area contributed by atoms with Gasteiger partial charge in [0.15, 0.2) is 6.54 Å². The maximum atomic E-state index is 11.3. The van der Waals surface area contributed by atoms with E-state index < -0.39 is 5.60 Å². The van der Waals surface area contributed by atoms with E-state index in [1.807, 2.05) is 20.8 Å². The van der Waals surface area contributed by atoms with Crippen molar-refractivity contribution >= 4 is 21.9 Å². The molecular weight excluding hydrogens is 250 g/mol. The predicted molar refractivity (Wildman–Crippen MR) is 53.6 cm³/mol. The zero-order valence-electron chi connectivity index (χ0n) is 8.32. The van der Waals surface area contributed by atoms with E-state index >= 15 is 0 Å². The summed E-state index contributed by atoms with van der Waals surface area (Å²) in [7, 11) is 0. The Balaban J connectivity index is 2.50. The van der Waals surface area contributed by atoms with Crippen molar-refractivity contribution in [2.75, 3.05) is 0 Å². The zero-order valence-corrected chi connectivity index (χ0v) is 9.91. The molecule has 0 bridgehead atoms. The number of aromatic nitrogens is 3. The lowest BCUT2D eigenvalue weighted by Crippen LogP contribution is -2.27. The first-order chi connectivity index (χ1) is 6.37. The molecule has 0 radical (unpaired) electrons. The third-order valence-electron chi connectivity index (χ3n) is 1.20. The van der Waals surface area contributed by atoms with E-state index in [1.165, 1.54) is 11.0 Å². The largest absolute Gasteiger partial charge is 0.459 e. The third-order valence-corrected chi connectivity index (χ3v) is 1.56. The van der Waals surface area contributed by atoms with Gasteiger partial charge in [-0.3, -0.25) is 0 Å². The van der Waals surface area contributed by atoms with Crippen molar-refractivity contribution in [3.8, 4) is 0 Å². The minimum absolute atomic E-state index is 0.0306. The Bertz CT molecular complexity index is 330. The molecule has 0 atom stereocenters. The quantitative estimate of drug-likeness (QED) is 0.755. The van der Waals surface area contributed by atoms with Crippen LogP contribution in [0.4, 0.5) is 0 Å². The summed E-state index contributed by atoms with van der Waals surface area (Å²) in [5.74, 6) is -0.347. The highest BCUT2D eigenvalue weighted by molar-refractivity contribution is 9.10. The van der Waals surface area contributed by atoms with E-state index in [4.69, 9.17) is 4.74 Å². The van der Waals surface area contributed by atoms with Crippen LogP contribution in [0.3, 0.4) is 0 Å². The molecule has 0 N–H and O–H groups in total. The summed E-state index contributed by atoms with van der Waals surface area (Å²) in [6.45, 7) is 5.48. The molecule has 0 aliphatic heterocycles. The molecule has 1 rings (SSSR count). The van der Waals surface area contributed by atoms with E-state index in [0.29, 0.717) is 4.60 Å². The van der Waals surface area contributed by atoms with Gasteiger partial charge in [-0.15, -0.1) is 5.10 Å². The molecule has 1 aromatic rings. The number of nitrogens with zero attached hydrogens (tertiary/aromatic N) is 3. The number of ether oxygens (including phenoxy) is 1. The third kappa shape index (κ3) is 3.87. The molecule has 0 aliphatic rings. The van der Waals surface area contributed by atoms with Gasteiger partial charge in [0.1, 0.15) is 10.2 Å². The lowest BCUT2D eigenvalue weighted by Gasteiger charge is -2.18. The molecule has 78 valence electrons. The molecule has 0 unspecified atom stereocenters. The van der Waals surface area contributed by atoms with Gasteiger partial charge >= 0.3 is 5.97 Å². The van der Waals surface area contributed by atoms with Crippen LogP contribution in [-0.4, -0.2) is 26.6 Å². The van der Waals surface area contributed by atoms with E-state index in [-0.39, 0.29) is 12.5 Å². The zero-order chi connectivity index (χ0) is 10.8. The number of carbonyl (C=O) groups is 1. The maximum absolute atomic E-state index is 11.3. The molecule has 0 fully saturated rings. The first-order valence-electron chi connectivity index (χ1n) is 4.14. The number of esters is 1. The summed E-state index contributed by atoms with van der Waals surface area (Å²) < 4.78 is 5.69. The number of halogens is 1. The monoisotopic (exact) mass is 261 g/mol. The molecule has 0 aromatic carbocycles. The summed E-state index contributed by atoms with van der Waals surface area (Å²) in [6.07, 6.45) is 1.52. The summed E-state index contributed by atoms with van der Waals surface area (Å²) in [5.41, 5.74) is -0.471. The molecular formula is C8H12BrN3O2. The van der Waals surface area contributed by atoms with Crippen LogP contribution in [0.5, 0.6) is 0 Å². The standard InChI is InChI=1S/C8H12BrN3O2/c1-8(2,3)14-7(13)5-12-10-4-6(9)11-12/h4H,5H2,1-3H3. The summed E-state index contributed by atoms with van der Waals surface area (Å²) >= 11 is 3.14. The van der Waals surface area contributed by atoms with Crippen LogP contribution in [0.25, 0.3) is 0 Å². The fraction of sp³-hybridized carbons (Fsp3) is 0.625. The number of hydrogen-bond acceptors (Lipinski definition) is 4. The molecule has 0 aliphatic carbocycles. The lowest BCUT2D eigenvalue weighted by molar-refractivity contribution is -0.156. The van der Waals surface area contributed by atoms with Crippen molar-refractivity contribution in [3.05, 3.63) is 10.8 Å². The van der Waals surface area contributed by atoms with E-state index in [9.17, 15) is 4.79 Å². The Morgan fingerprint density at radius 2 is 2.29 bits per heavy atom. The van der Waals surface area contributed by atoms with Crippen LogP contribution >= 0.6 is 15.9 Å². The summed E-state index contributed by atoms with van der Waals surface area (Å²) in [6, 6.07) is 0. The first-order valence-corrected chi connectivity index (χ1v) is 4.93. The topological polar surface area (TPSA) is 57.0 Å². The van der Waals surface area contributed by atoms with Crippen LogP contribution in [0.2, 0.25) is 0 Å². The lowest BCUT2D eigenvalue weighted by atomic mass is 10.2. The van der Waals surface area contributed by atoms with E-state index in [0.717, 1.165) is 0 Å². The molecule has 0 amide bonds. The first kappa shape index (κ1) is 11.2. The second-order valence-corrected chi connectivity index (χ2v) is 4.60. The maximum Gasteiger partial charge on any atom is 0.330 e.